The first-order valence-electron chi connectivity index (χ1n) is 11.1. The Bertz CT molecular complexity index is 1450. The van der Waals surface area contributed by atoms with Gasteiger partial charge in [-0.2, -0.15) is 0 Å². The van der Waals surface area contributed by atoms with E-state index < -0.39 is 23.3 Å². The van der Waals surface area contributed by atoms with Crippen molar-refractivity contribution in [3.05, 3.63) is 54.6 Å². The summed E-state index contributed by atoms with van der Waals surface area (Å²) in [6.45, 7) is 3.61. The van der Waals surface area contributed by atoms with Crippen molar-refractivity contribution in [1.29, 1.82) is 0 Å². The molecule has 0 fully saturated rings. The molecule has 192 valence electrons. The molecule has 4 aromatic rings. The van der Waals surface area contributed by atoms with Crippen LogP contribution in [-0.2, 0) is 9.59 Å². The van der Waals surface area contributed by atoms with Gasteiger partial charge in [0, 0.05) is 23.0 Å². The Morgan fingerprint density at radius 1 is 1.14 bits per heavy atom. The normalized spacial score (nSPS) is 11.3. The van der Waals surface area contributed by atoms with E-state index in [2.05, 4.69) is 20.6 Å². The number of anilines is 1. The minimum Gasteiger partial charge on any atom is -0.496 e. The highest BCUT2D eigenvalue weighted by Gasteiger charge is 2.25. The van der Waals surface area contributed by atoms with Crippen molar-refractivity contribution in [2.75, 3.05) is 18.2 Å². The largest absolute Gasteiger partial charge is 0.496 e. The first kappa shape index (κ1) is 25.8. The summed E-state index contributed by atoms with van der Waals surface area (Å²) in [5.74, 6) is -1.15. The van der Waals surface area contributed by atoms with Crippen LogP contribution in [0.5, 0.6) is 5.75 Å². The lowest BCUT2D eigenvalue weighted by Gasteiger charge is -2.25. The molecule has 0 atom stereocenters. The molecule has 12 heteroatoms. The average molecular weight is 525 g/mol. The highest BCUT2D eigenvalue weighted by Crippen LogP contribution is 2.32. The topological polar surface area (TPSA) is 157 Å². The Labute approximate surface area is 215 Å². The van der Waals surface area contributed by atoms with Crippen molar-refractivity contribution >= 4 is 46.3 Å². The number of carbonyl (C=O) groups is 3. The van der Waals surface area contributed by atoms with E-state index in [4.69, 9.17) is 18.7 Å². The van der Waals surface area contributed by atoms with Crippen molar-refractivity contribution in [3.8, 4) is 17.1 Å². The van der Waals surface area contributed by atoms with Gasteiger partial charge in [0.2, 0.25) is 0 Å². The fourth-order valence-corrected chi connectivity index (χ4v) is 4.53. The summed E-state index contributed by atoms with van der Waals surface area (Å²) in [6.07, 6.45) is 3.36. The van der Waals surface area contributed by atoms with Crippen molar-refractivity contribution in [3.63, 3.8) is 0 Å². The van der Waals surface area contributed by atoms with Gasteiger partial charge in [0.15, 0.2) is 17.7 Å². The van der Waals surface area contributed by atoms with E-state index in [0.717, 1.165) is 0 Å². The second-order valence-electron chi connectivity index (χ2n) is 8.64. The number of hydrogen-bond donors (Lipinski definition) is 3. The molecule has 2 aromatic heterocycles. The third-order valence-electron chi connectivity index (χ3n) is 5.38. The van der Waals surface area contributed by atoms with Gasteiger partial charge in [0.05, 0.1) is 24.4 Å². The van der Waals surface area contributed by atoms with Crippen LogP contribution in [0, 0.1) is 0 Å². The number of carboxylic acid groups (broad SMARTS) is 1. The van der Waals surface area contributed by atoms with Crippen molar-refractivity contribution in [1.82, 2.24) is 15.3 Å². The van der Waals surface area contributed by atoms with Gasteiger partial charge in [0.25, 0.3) is 5.22 Å². The lowest BCUT2D eigenvalue weighted by atomic mass is 10.0. The third kappa shape index (κ3) is 6.28. The maximum absolute atomic E-state index is 12.5. The molecule has 0 unspecified atom stereocenters. The lowest BCUT2D eigenvalue weighted by molar-refractivity contribution is -0.137. The van der Waals surface area contributed by atoms with Gasteiger partial charge < -0.3 is 29.3 Å². The number of carbonyl (C=O) groups excluding carboxylic acids is 2. The summed E-state index contributed by atoms with van der Waals surface area (Å²) in [5, 5.41) is 14.8. The lowest BCUT2D eigenvalue weighted by Crippen LogP contribution is -2.48. The Hall–Kier alpha value is -4.32. The summed E-state index contributed by atoms with van der Waals surface area (Å²) in [6, 6.07) is 9.40. The van der Waals surface area contributed by atoms with E-state index in [1.807, 2.05) is 0 Å². The second kappa shape index (κ2) is 10.7. The zero-order chi connectivity index (χ0) is 26.6. The Balaban J connectivity index is 1.31. The van der Waals surface area contributed by atoms with Gasteiger partial charge >= 0.3 is 17.8 Å². The van der Waals surface area contributed by atoms with E-state index >= 15 is 0 Å². The van der Waals surface area contributed by atoms with Gasteiger partial charge in [-0.1, -0.05) is 11.8 Å². The maximum Gasteiger partial charge on any atom is 0.335 e. The summed E-state index contributed by atoms with van der Waals surface area (Å²) in [5.41, 5.74) is 1.40. The molecule has 11 nitrogen and oxygen atoms in total. The molecule has 0 aliphatic rings. The van der Waals surface area contributed by atoms with E-state index in [1.165, 1.54) is 37.4 Å². The standard InChI is InChI=1S/C25H24N4O7S/c1-25(2,8-9-37-24-28-17-7-4-14(23(32)33)10-19(17)36-24)29-22(31)21(30)27-15-5-6-16(18(11-15)34-3)20-12-26-13-35-20/h4-7,10-13H,8-9H2,1-3H3,(H,27,30)(H,29,31)(H,32,33). The van der Waals surface area contributed by atoms with E-state index in [9.17, 15) is 14.4 Å². The predicted octanol–water partition coefficient (Wildman–Crippen LogP) is 4.21. The number of nitrogens with one attached hydrogen (secondary N) is 2. The fourth-order valence-electron chi connectivity index (χ4n) is 3.43. The average Bonchev–Trinajstić information content (AvgIpc) is 3.52. The number of nitrogens with zero attached hydrogens (tertiary/aromatic N) is 2. The van der Waals surface area contributed by atoms with Gasteiger partial charge in [-0.3, -0.25) is 9.59 Å². The Morgan fingerprint density at radius 2 is 1.95 bits per heavy atom. The maximum atomic E-state index is 12.5. The van der Waals surface area contributed by atoms with Crippen LogP contribution in [-0.4, -0.2) is 51.3 Å². The minimum absolute atomic E-state index is 0.117. The molecular formula is C25H24N4O7S. The van der Waals surface area contributed by atoms with Crippen LogP contribution in [0.25, 0.3) is 22.4 Å². The number of benzene rings is 2. The van der Waals surface area contributed by atoms with Crippen LogP contribution in [0.4, 0.5) is 5.69 Å². The molecule has 2 amide bonds. The number of fused-ring (bicyclic) bond motifs is 1. The van der Waals surface area contributed by atoms with E-state index in [1.54, 1.807) is 44.3 Å². The van der Waals surface area contributed by atoms with Gasteiger partial charge in [0.1, 0.15) is 11.3 Å². The molecule has 0 aliphatic heterocycles. The molecule has 0 saturated heterocycles. The molecule has 4 rings (SSSR count). The monoisotopic (exact) mass is 524 g/mol. The van der Waals surface area contributed by atoms with Crippen molar-refractivity contribution in [2.45, 2.75) is 31.0 Å². The summed E-state index contributed by atoms with van der Waals surface area (Å²) in [7, 11) is 1.49. The quantitative estimate of drug-likeness (QED) is 0.214. The molecule has 3 N–H and O–H groups in total. The van der Waals surface area contributed by atoms with E-state index in [0.29, 0.717) is 51.3 Å². The van der Waals surface area contributed by atoms with Crippen LogP contribution in [0.1, 0.15) is 30.6 Å². The van der Waals surface area contributed by atoms with Crippen LogP contribution in [0.2, 0.25) is 0 Å². The van der Waals surface area contributed by atoms with Gasteiger partial charge in [-0.25, -0.2) is 14.8 Å². The number of ether oxygens (including phenoxy) is 1. The third-order valence-corrected chi connectivity index (χ3v) is 6.21. The Kier molecular flexibility index (Phi) is 7.48. The number of carboxylic acids is 1. The van der Waals surface area contributed by atoms with Crippen LogP contribution >= 0.6 is 11.8 Å². The summed E-state index contributed by atoms with van der Waals surface area (Å²) in [4.78, 5) is 44.4. The first-order chi connectivity index (χ1) is 17.6. The van der Waals surface area contributed by atoms with Crippen LogP contribution in [0.3, 0.4) is 0 Å². The molecule has 0 spiro atoms. The zero-order valence-corrected chi connectivity index (χ0v) is 21.0. The molecular weight excluding hydrogens is 500 g/mol. The number of methoxy groups -OCH3 is 1. The molecule has 0 bridgehead atoms. The van der Waals surface area contributed by atoms with Crippen molar-refractivity contribution in [2.24, 2.45) is 0 Å². The molecule has 0 saturated carbocycles. The number of hydrogen-bond acceptors (Lipinski definition) is 9. The van der Waals surface area contributed by atoms with Crippen molar-refractivity contribution < 1.29 is 33.1 Å². The molecule has 0 aliphatic carbocycles. The van der Waals surface area contributed by atoms with E-state index in [-0.39, 0.29) is 5.56 Å². The molecule has 37 heavy (non-hydrogen) atoms. The first-order valence-corrected chi connectivity index (χ1v) is 12.1. The van der Waals surface area contributed by atoms with Gasteiger partial charge in [-0.15, -0.1) is 0 Å². The second-order valence-corrected chi connectivity index (χ2v) is 9.68. The Morgan fingerprint density at radius 3 is 2.65 bits per heavy atom. The molecule has 2 heterocycles. The number of rotatable bonds is 9. The van der Waals surface area contributed by atoms with Crippen LogP contribution in [0.15, 0.2) is 63.0 Å². The van der Waals surface area contributed by atoms with Gasteiger partial charge in [-0.05, 0) is 50.6 Å². The highest BCUT2D eigenvalue weighted by molar-refractivity contribution is 7.99. The minimum atomic E-state index is -1.04. The summed E-state index contributed by atoms with van der Waals surface area (Å²) >= 11 is 1.33. The SMILES string of the molecule is COc1cc(NC(=O)C(=O)NC(C)(C)CCSc2nc3ccc(C(=O)O)cc3o2)ccc1-c1cnco1. The number of aromatic carboxylic acids is 1. The molecule has 0 radical (unpaired) electrons. The summed E-state index contributed by atoms with van der Waals surface area (Å²) < 4.78 is 16.3. The predicted molar refractivity (Wildman–Crippen MR) is 136 cm³/mol. The fraction of sp³-hybridized carbons (Fsp3) is 0.240. The number of aromatic nitrogens is 2. The molecule has 2 aromatic carbocycles. The smallest absolute Gasteiger partial charge is 0.335 e. The number of thioether (sulfide) groups is 1. The van der Waals surface area contributed by atoms with Crippen LogP contribution < -0.4 is 15.4 Å². The highest BCUT2D eigenvalue weighted by atomic mass is 32.2. The number of oxazole rings is 2. The number of amides is 2. The zero-order valence-electron chi connectivity index (χ0n) is 20.2.